The Hall–Kier alpha value is -1.51. The lowest BCUT2D eigenvalue weighted by Gasteiger charge is -2.23. The molecule has 3 heteroatoms. The first-order valence-corrected chi connectivity index (χ1v) is 7.16. The zero-order valence-electron chi connectivity index (χ0n) is 12.1. The van der Waals surface area contributed by atoms with Crippen molar-refractivity contribution in [1.82, 2.24) is 4.90 Å². The lowest BCUT2D eigenvalue weighted by molar-refractivity contribution is 0.0735. The summed E-state index contributed by atoms with van der Waals surface area (Å²) in [5.41, 5.74) is 8.35. The van der Waals surface area contributed by atoms with Crippen LogP contribution >= 0.6 is 0 Å². The third-order valence-corrected chi connectivity index (χ3v) is 3.72. The van der Waals surface area contributed by atoms with E-state index < -0.39 is 0 Å². The number of nitrogen functional groups attached to an aromatic ring is 1. The van der Waals surface area contributed by atoms with Crippen LogP contribution in [0.1, 0.15) is 49.0 Å². The molecule has 2 N–H and O–H groups in total. The van der Waals surface area contributed by atoms with Crippen LogP contribution in [0.15, 0.2) is 18.2 Å². The molecule has 1 amide bonds. The van der Waals surface area contributed by atoms with Gasteiger partial charge in [0.2, 0.25) is 0 Å². The first-order chi connectivity index (χ1) is 8.99. The standard InChI is InChI=1S/C16H24N2O/c1-11(2)8-9-18(14-6-7-14)16(19)13-5-4-12(3)15(17)10-13/h4-5,10-11,14H,6-9,17H2,1-3H3. The first-order valence-electron chi connectivity index (χ1n) is 7.16. The van der Waals surface area contributed by atoms with Crippen molar-refractivity contribution in [1.29, 1.82) is 0 Å². The van der Waals surface area contributed by atoms with Crippen LogP contribution in [0.2, 0.25) is 0 Å². The van der Waals surface area contributed by atoms with Gasteiger partial charge in [-0.15, -0.1) is 0 Å². The molecule has 1 aliphatic carbocycles. The van der Waals surface area contributed by atoms with Crippen molar-refractivity contribution >= 4 is 11.6 Å². The van der Waals surface area contributed by atoms with E-state index in [1.165, 1.54) is 0 Å². The van der Waals surface area contributed by atoms with Crippen molar-refractivity contribution in [2.24, 2.45) is 5.92 Å². The molecule has 0 aliphatic heterocycles. The monoisotopic (exact) mass is 260 g/mol. The van der Waals surface area contributed by atoms with E-state index >= 15 is 0 Å². The lowest BCUT2D eigenvalue weighted by Crippen LogP contribution is -2.34. The van der Waals surface area contributed by atoms with Gasteiger partial charge in [0.25, 0.3) is 5.91 Å². The van der Waals surface area contributed by atoms with Gasteiger partial charge < -0.3 is 10.6 Å². The highest BCUT2D eigenvalue weighted by atomic mass is 16.2. The Labute approximate surface area is 115 Å². The zero-order chi connectivity index (χ0) is 14.0. The summed E-state index contributed by atoms with van der Waals surface area (Å²) in [6.07, 6.45) is 3.35. The van der Waals surface area contributed by atoms with Crippen LogP contribution in [-0.2, 0) is 0 Å². The number of aryl methyl sites for hydroxylation is 1. The quantitative estimate of drug-likeness (QED) is 0.826. The topological polar surface area (TPSA) is 46.3 Å². The van der Waals surface area contributed by atoms with Crippen LogP contribution < -0.4 is 5.73 Å². The number of anilines is 1. The molecular formula is C16H24N2O. The summed E-state index contributed by atoms with van der Waals surface area (Å²) in [7, 11) is 0. The summed E-state index contributed by atoms with van der Waals surface area (Å²) in [5.74, 6) is 0.756. The highest BCUT2D eigenvalue weighted by Gasteiger charge is 2.32. The molecule has 0 bridgehead atoms. The van der Waals surface area contributed by atoms with E-state index in [2.05, 4.69) is 13.8 Å². The van der Waals surface area contributed by atoms with Gasteiger partial charge in [0.05, 0.1) is 0 Å². The summed E-state index contributed by atoms with van der Waals surface area (Å²) in [4.78, 5) is 14.6. The van der Waals surface area contributed by atoms with Crippen molar-refractivity contribution in [3.8, 4) is 0 Å². The fourth-order valence-electron chi connectivity index (χ4n) is 2.17. The van der Waals surface area contributed by atoms with Gasteiger partial charge in [0.15, 0.2) is 0 Å². The van der Waals surface area contributed by atoms with Gasteiger partial charge in [0, 0.05) is 23.8 Å². The summed E-state index contributed by atoms with van der Waals surface area (Å²) >= 11 is 0. The van der Waals surface area contributed by atoms with Crippen LogP contribution in [0, 0.1) is 12.8 Å². The Balaban J connectivity index is 2.12. The highest BCUT2D eigenvalue weighted by molar-refractivity contribution is 5.95. The van der Waals surface area contributed by atoms with E-state index in [1.54, 1.807) is 0 Å². The van der Waals surface area contributed by atoms with Crippen molar-refractivity contribution in [3.05, 3.63) is 29.3 Å². The van der Waals surface area contributed by atoms with E-state index in [0.29, 0.717) is 17.6 Å². The number of amides is 1. The number of hydrogen-bond acceptors (Lipinski definition) is 2. The van der Waals surface area contributed by atoms with Gasteiger partial charge in [-0.3, -0.25) is 4.79 Å². The minimum atomic E-state index is 0.134. The number of carbonyl (C=O) groups excluding carboxylic acids is 1. The summed E-state index contributed by atoms with van der Waals surface area (Å²) < 4.78 is 0. The van der Waals surface area contributed by atoms with E-state index in [0.717, 1.165) is 36.9 Å². The molecule has 0 saturated heterocycles. The van der Waals surface area contributed by atoms with Gasteiger partial charge in [-0.1, -0.05) is 19.9 Å². The van der Waals surface area contributed by atoms with Gasteiger partial charge in [-0.25, -0.2) is 0 Å². The van der Waals surface area contributed by atoms with Crippen LogP contribution in [0.5, 0.6) is 0 Å². The highest BCUT2D eigenvalue weighted by Crippen LogP contribution is 2.29. The molecule has 0 unspecified atom stereocenters. The third kappa shape index (κ3) is 3.49. The Kier molecular flexibility index (Phi) is 4.13. The largest absolute Gasteiger partial charge is 0.398 e. The third-order valence-electron chi connectivity index (χ3n) is 3.72. The second kappa shape index (κ2) is 5.64. The number of nitrogens with two attached hydrogens (primary N) is 1. The number of carbonyl (C=O) groups is 1. The van der Waals surface area contributed by atoms with E-state index in [-0.39, 0.29) is 5.91 Å². The molecule has 2 rings (SSSR count). The molecule has 0 spiro atoms. The molecule has 0 radical (unpaired) electrons. The molecular weight excluding hydrogens is 236 g/mol. The first kappa shape index (κ1) is 13.9. The predicted octanol–water partition coefficient (Wildman–Crippen LogP) is 3.23. The molecule has 104 valence electrons. The van der Waals surface area contributed by atoms with Gasteiger partial charge in [-0.2, -0.15) is 0 Å². The van der Waals surface area contributed by atoms with Crippen LogP contribution in [0.3, 0.4) is 0 Å². The molecule has 3 nitrogen and oxygen atoms in total. The van der Waals surface area contributed by atoms with Crippen LogP contribution in [-0.4, -0.2) is 23.4 Å². The maximum Gasteiger partial charge on any atom is 0.254 e. The molecule has 1 aromatic rings. The Morgan fingerprint density at radius 1 is 1.42 bits per heavy atom. The Morgan fingerprint density at radius 3 is 2.63 bits per heavy atom. The normalized spacial score (nSPS) is 14.7. The van der Waals surface area contributed by atoms with Crippen LogP contribution in [0.25, 0.3) is 0 Å². The Morgan fingerprint density at radius 2 is 2.11 bits per heavy atom. The molecule has 1 saturated carbocycles. The minimum absolute atomic E-state index is 0.134. The maximum absolute atomic E-state index is 12.6. The van der Waals surface area contributed by atoms with Crippen molar-refractivity contribution in [2.75, 3.05) is 12.3 Å². The van der Waals surface area contributed by atoms with E-state index in [1.807, 2.05) is 30.0 Å². The average molecular weight is 260 g/mol. The summed E-state index contributed by atoms with van der Waals surface area (Å²) in [6.45, 7) is 7.20. The van der Waals surface area contributed by atoms with Gasteiger partial charge >= 0.3 is 0 Å². The van der Waals surface area contributed by atoms with Crippen molar-refractivity contribution in [3.63, 3.8) is 0 Å². The SMILES string of the molecule is Cc1ccc(C(=O)N(CCC(C)C)C2CC2)cc1N. The number of benzene rings is 1. The smallest absolute Gasteiger partial charge is 0.254 e. The van der Waals surface area contributed by atoms with Crippen molar-refractivity contribution < 1.29 is 4.79 Å². The second-order valence-corrected chi connectivity index (χ2v) is 5.98. The fourth-order valence-corrected chi connectivity index (χ4v) is 2.17. The van der Waals surface area contributed by atoms with Gasteiger partial charge in [-0.05, 0) is 49.8 Å². The zero-order valence-corrected chi connectivity index (χ0v) is 12.1. The maximum atomic E-state index is 12.6. The molecule has 1 fully saturated rings. The van der Waals surface area contributed by atoms with E-state index in [9.17, 15) is 4.79 Å². The Bertz CT molecular complexity index is 464. The predicted molar refractivity (Wildman–Crippen MR) is 79.1 cm³/mol. The van der Waals surface area contributed by atoms with E-state index in [4.69, 9.17) is 5.73 Å². The molecule has 19 heavy (non-hydrogen) atoms. The molecule has 1 aliphatic rings. The molecule has 1 aromatic carbocycles. The fraction of sp³-hybridized carbons (Fsp3) is 0.562. The molecule has 0 atom stereocenters. The number of rotatable bonds is 5. The summed E-state index contributed by atoms with van der Waals surface area (Å²) in [5, 5.41) is 0. The number of nitrogens with zero attached hydrogens (tertiary/aromatic N) is 1. The summed E-state index contributed by atoms with van der Waals surface area (Å²) in [6, 6.07) is 6.07. The minimum Gasteiger partial charge on any atom is -0.398 e. The second-order valence-electron chi connectivity index (χ2n) is 5.98. The van der Waals surface area contributed by atoms with Gasteiger partial charge in [0.1, 0.15) is 0 Å². The average Bonchev–Trinajstić information content (AvgIpc) is 3.16. The molecule has 0 heterocycles. The molecule has 0 aromatic heterocycles. The number of hydrogen-bond donors (Lipinski definition) is 1. The van der Waals surface area contributed by atoms with Crippen molar-refractivity contribution in [2.45, 2.75) is 46.1 Å². The van der Waals surface area contributed by atoms with Crippen LogP contribution in [0.4, 0.5) is 5.69 Å². The lowest BCUT2D eigenvalue weighted by atomic mass is 10.1.